The third-order valence-electron chi connectivity index (χ3n) is 3.00. The van der Waals surface area contributed by atoms with Crippen LogP contribution in [0.5, 0.6) is 0 Å². The second-order valence-corrected chi connectivity index (χ2v) is 4.30. The lowest BCUT2D eigenvalue weighted by Gasteiger charge is -2.24. The number of hydrogen-bond donors (Lipinski definition) is 2. The van der Waals surface area contributed by atoms with E-state index in [9.17, 15) is 9.18 Å². The molecule has 0 saturated carbocycles. The zero-order chi connectivity index (χ0) is 12.9. The molecule has 0 aliphatic carbocycles. The molecule has 1 aromatic rings. The molecule has 1 aromatic carbocycles. The standard InChI is InChI=1S/C13H18FNO2/c1-3-13(2,12(16)17)15-8-7-10-5-4-6-11(14)9-10/h4-6,9,15H,3,7-8H2,1-2H3,(H,16,17). The highest BCUT2D eigenvalue weighted by Crippen LogP contribution is 2.10. The third-order valence-corrected chi connectivity index (χ3v) is 3.00. The van der Waals surface area contributed by atoms with Crippen molar-refractivity contribution in [3.8, 4) is 0 Å². The zero-order valence-electron chi connectivity index (χ0n) is 10.2. The summed E-state index contributed by atoms with van der Waals surface area (Å²) in [6.07, 6.45) is 1.12. The summed E-state index contributed by atoms with van der Waals surface area (Å²) in [5.74, 6) is -1.13. The van der Waals surface area contributed by atoms with Crippen molar-refractivity contribution >= 4 is 5.97 Å². The number of benzene rings is 1. The lowest BCUT2D eigenvalue weighted by atomic mass is 9.99. The molecular weight excluding hydrogens is 221 g/mol. The lowest BCUT2D eigenvalue weighted by molar-refractivity contribution is -0.144. The first kappa shape index (κ1) is 13.6. The molecule has 0 heterocycles. The monoisotopic (exact) mass is 239 g/mol. The van der Waals surface area contributed by atoms with Crippen molar-refractivity contribution < 1.29 is 14.3 Å². The molecule has 1 unspecified atom stereocenters. The van der Waals surface area contributed by atoms with Crippen LogP contribution in [0.15, 0.2) is 24.3 Å². The Balaban J connectivity index is 2.50. The van der Waals surface area contributed by atoms with Crippen molar-refractivity contribution in [2.75, 3.05) is 6.54 Å². The molecule has 1 rings (SSSR count). The molecule has 4 heteroatoms. The normalized spacial score (nSPS) is 14.3. The second kappa shape index (κ2) is 5.77. The molecule has 0 fully saturated rings. The first-order valence-corrected chi connectivity index (χ1v) is 5.71. The van der Waals surface area contributed by atoms with Gasteiger partial charge in [0.15, 0.2) is 0 Å². The molecule has 0 bridgehead atoms. The molecule has 0 spiro atoms. The number of carbonyl (C=O) groups is 1. The van der Waals surface area contributed by atoms with E-state index in [2.05, 4.69) is 5.32 Å². The predicted molar refractivity (Wildman–Crippen MR) is 64.4 cm³/mol. The highest BCUT2D eigenvalue weighted by molar-refractivity contribution is 5.78. The van der Waals surface area contributed by atoms with Crippen molar-refractivity contribution in [1.29, 1.82) is 0 Å². The average Bonchev–Trinajstić information content (AvgIpc) is 2.28. The molecular formula is C13H18FNO2. The van der Waals surface area contributed by atoms with E-state index >= 15 is 0 Å². The molecule has 0 aliphatic rings. The minimum Gasteiger partial charge on any atom is -0.480 e. The van der Waals surface area contributed by atoms with Gasteiger partial charge in [-0.15, -0.1) is 0 Å². The van der Waals surface area contributed by atoms with E-state index < -0.39 is 11.5 Å². The molecule has 3 nitrogen and oxygen atoms in total. The SMILES string of the molecule is CCC(C)(NCCc1cccc(F)c1)C(=O)O. The number of rotatable bonds is 6. The van der Waals surface area contributed by atoms with Gasteiger partial charge in [-0.05, 0) is 37.5 Å². The van der Waals surface area contributed by atoms with Gasteiger partial charge in [0.1, 0.15) is 11.4 Å². The Labute approximate surface area is 101 Å². The van der Waals surface area contributed by atoms with Crippen LogP contribution in [0.3, 0.4) is 0 Å². The van der Waals surface area contributed by atoms with Gasteiger partial charge in [-0.2, -0.15) is 0 Å². The van der Waals surface area contributed by atoms with Gasteiger partial charge >= 0.3 is 5.97 Å². The summed E-state index contributed by atoms with van der Waals surface area (Å²) >= 11 is 0. The maximum atomic E-state index is 12.9. The first-order valence-electron chi connectivity index (χ1n) is 5.71. The quantitative estimate of drug-likeness (QED) is 0.800. The fourth-order valence-electron chi connectivity index (χ4n) is 1.53. The minimum atomic E-state index is -0.909. The van der Waals surface area contributed by atoms with Crippen molar-refractivity contribution in [3.05, 3.63) is 35.6 Å². The molecule has 2 N–H and O–H groups in total. The van der Waals surface area contributed by atoms with Crippen LogP contribution in [0.2, 0.25) is 0 Å². The van der Waals surface area contributed by atoms with Gasteiger partial charge in [0.25, 0.3) is 0 Å². The Bertz CT molecular complexity index is 395. The third kappa shape index (κ3) is 3.82. The van der Waals surface area contributed by atoms with E-state index in [1.54, 1.807) is 13.0 Å². The Morgan fingerprint density at radius 3 is 2.76 bits per heavy atom. The van der Waals surface area contributed by atoms with Crippen LogP contribution in [-0.2, 0) is 11.2 Å². The number of carboxylic acid groups (broad SMARTS) is 1. The van der Waals surface area contributed by atoms with E-state index in [4.69, 9.17) is 5.11 Å². The zero-order valence-corrected chi connectivity index (χ0v) is 10.2. The number of nitrogens with one attached hydrogen (secondary N) is 1. The van der Waals surface area contributed by atoms with Crippen LogP contribution in [-0.4, -0.2) is 23.2 Å². The van der Waals surface area contributed by atoms with E-state index in [1.165, 1.54) is 12.1 Å². The van der Waals surface area contributed by atoms with Gasteiger partial charge in [0.2, 0.25) is 0 Å². The van der Waals surface area contributed by atoms with Crippen molar-refractivity contribution in [2.24, 2.45) is 0 Å². The lowest BCUT2D eigenvalue weighted by Crippen LogP contribution is -2.49. The second-order valence-electron chi connectivity index (χ2n) is 4.30. The van der Waals surface area contributed by atoms with Gasteiger partial charge in [-0.25, -0.2) is 4.39 Å². The molecule has 0 aromatic heterocycles. The highest BCUT2D eigenvalue weighted by atomic mass is 19.1. The summed E-state index contributed by atoms with van der Waals surface area (Å²) < 4.78 is 12.9. The van der Waals surface area contributed by atoms with Crippen LogP contribution in [0.25, 0.3) is 0 Å². The first-order chi connectivity index (χ1) is 7.98. The fraction of sp³-hybridized carbons (Fsp3) is 0.462. The Hall–Kier alpha value is -1.42. The van der Waals surface area contributed by atoms with Gasteiger partial charge < -0.3 is 10.4 Å². The van der Waals surface area contributed by atoms with Gasteiger partial charge in [-0.3, -0.25) is 4.79 Å². The average molecular weight is 239 g/mol. The maximum Gasteiger partial charge on any atom is 0.323 e. The summed E-state index contributed by atoms with van der Waals surface area (Å²) in [6.45, 7) is 3.99. The van der Waals surface area contributed by atoms with E-state index in [0.29, 0.717) is 19.4 Å². The molecule has 0 saturated heterocycles. The summed E-state index contributed by atoms with van der Waals surface area (Å²) in [7, 11) is 0. The van der Waals surface area contributed by atoms with Crippen molar-refractivity contribution in [3.63, 3.8) is 0 Å². The van der Waals surface area contributed by atoms with E-state index in [1.807, 2.05) is 13.0 Å². The maximum absolute atomic E-state index is 12.9. The van der Waals surface area contributed by atoms with Gasteiger partial charge in [-0.1, -0.05) is 19.1 Å². The number of carboxylic acids is 1. The van der Waals surface area contributed by atoms with Crippen LogP contribution < -0.4 is 5.32 Å². The van der Waals surface area contributed by atoms with Gasteiger partial charge in [0.05, 0.1) is 0 Å². The molecule has 17 heavy (non-hydrogen) atoms. The Morgan fingerprint density at radius 2 is 2.24 bits per heavy atom. The summed E-state index contributed by atoms with van der Waals surface area (Å²) in [4.78, 5) is 11.0. The summed E-state index contributed by atoms with van der Waals surface area (Å²) in [5.41, 5.74) is -0.0470. The summed E-state index contributed by atoms with van der Waals surface area (Å²) in [6, 6.07) is 6.34. The van der Waals surface area contributed by atoms with Crippen molar-refractivity contribution in [1.82, 2.24) is 5.32 Å². The molecule has 0 amide bonds. The predicted octanol–water partition coefficient (Wildman–Crippen LogP) is 2.21. The Kier molecular flexibility index (Phi) is 4.63. The number of halogens is 1. The van der Waals surface area contributed by atoms with Crippen LogP contribution in [0, 0.1) is 5.82 Å². The van der Waals surface area contributed by atoms with E-state index in [-0.39, 0.29) is 5.82 Å². The number of aliphatic carboxylic acids is 1. The topological polar surface area (TPSA) is 49.3 Å². The minimum absolute atomic E-state index is 0.265. The smallest absolute Gasteiger partial charge is 0.323 e. The number of hydrogen-bond acceptors (Lipinski definition) is 2. The fourth-order valence-corrected chi connectivity index (χ4v) is 1.53. The molecule has 0 radical (unpaired) electrons. The Morgan fingerprint density at radius 1 is 1.53 bits per heavy atom. The largest absolute Gasteiger partial charge is 0.480 e. The van der Waals surface area contributed by atoms with E-state index in [0.717, 1.165) is 5.56 Å². The molecule has 1 atom stereocenters. The highest BCUT2D eigenvalue weighted by Gasteiger charge is 2.29. The van der Waals surface area contributed by atoms with Gasteiger partial charge in [0, 0.05) is 6.54 Å². The molecule has 0 aliphatic heterocycles. The summed E-state index contributed by atoms with van der Waals surface area (Å²) in [5, 5.41) is 12.0. The van der Waals surface area contributed by atoms with Crippen LogP contribution in [0.4, 0.5) is 4.39 Å². The van der Waals surface area contributed by atoms with Crippen LogP contribution in [0.1, 0.15) is 25.8 Å². The van der Waals surface area contributed by atoms with Crippen molar-refractivity contribution in [2.45, 2.75) is 32.2 Å². The molecule has 94 valence electrons. The van der Waals surface area contributed by atoms with Crippen LogP contribution >= 0.6 is 0 Å².